The predicted octanol–water partition coefficient (Wildman–Crippen LogP) is 3.23. The van der Waals surface area contributed by atoms with Crippen molar-refractivity contribution in [2.45, 2.75) is 76.3 Å². The molecule has 27 heavy (non-hydrogen) atoms. The highest BCUT2D eigenvalue weighted by molar-refractivity contribution is 7.89. The zero-order chi connectivity index (χ0) is 19.9. The van der Waals surface area contributed by atoms with Crippen molar-refractivity contribution in [1.29, 1.82) is 0 Å². The van der Waals surface area contributed by atoms with Gasteiger partial charge in [0.2, 0.25) is 10.0 Å². The van der Waals surface area contributed by atoms with Crippen molar-refractivity contribution in [2.75, 3.05) is 6.54 Å². The van der Waals surface area contributed by atoms with E-state index in [1.54, 1.807) is 19.1 Å². The molecule has 7 heteroatoms. The zero-order valence-corrected chi connectivity index (χ0v) is 17.3. The Morgan fingerprint density at radius 1 is 1.07 bits per heavy atom. The minimum absolute atomic E-state index is 0.0121. The number of hydrogen-bond donors (Lipinski definition) is 2. The number of benzene rings is 1. The summed E-state index contributed by atoms with van der Waals surface area (Å²) in [6, 6.07) is 6.24. The summed E-state index contributed by atoms with van der Waals surface area (Å²) >= 11 is 0. The maximum atomic E-state index is 12.6. The average Bonchev–Trinajstić information content (AvgIpc) is 2.88. The van der Waals surface area contributed by atoms with Crippen LogP contribution in [0.3, 0.4) is 0 Å². The van der Waals surface area contributed by atoms with Crippen LogP contribution in [0, 0.1) is 5.92 Å². The lowest BCUT2D eigenvalue weighted by Crippen LogP contribution is -2.38. The van der Waals surface area contributed by atoms with Gasteiger partial charge in [0, 0.05) is 12.6 Å². The molecule has 152 valence electrons. The largest absolute Gasteiger partial charge is 0.481 e. The lowest BCUT2D eigenvalue weighted by Gasteiger charge is -2.17. The first-order chi connectivity index (χ1) is 12.8. The molecule has 1 saturated carbocycles. The third-order valence-electron chi connectivity index (χ3n) is 4.68. The summed E-state index contributed by atoms with van der Waals surface area (Å²) in [4.78, 5) is 12.2. The number of carbonyl (C=O) groups excluding carboxylic acids is 1. The minimum Gasteiger partial charge on any atom is -0.481 e. The summed E-state index contributed by atoms with van der Waals surface area (Å²) in [6.45, 7) is 6.31. The molecule has 1 aliphatic rings. The van der Waals surface area contributed by atoms with E-state index in [9.17, 15) is 13.2 Å². The van der Waals surface area contributed by atoms with E-state index in [4.69, 9.17) is 4.74 Å². The van der Waals surface area contributed by atoms with Crippen LogP contribution in [0.15, 0.2) is 29.2 Å². The van der Waals surface area contributed by atoms with Crippen LogP contribution in [0.1, 0.15) is 59.3 Å². The highest BCUT2D eigenvalue weighted by atomic mass is 32.2. The van der Waals surface area contributed by atoms with E-state index in [0.717, 1.165) is 25.7 Å². The lowest BCUT2D eigenvalue weighted by atomic mass is 10.1. The van der Waals surface area contributed by atoms with E-state index in [0.29, 0.717) is 18.2 Å². The molecular formula is C20H32N2O4S. The third kappa shape index (κ3) is 7.14. The Morgan fingerprint density at radius 2 is 1.67 bits per heavy atom. The molecule has 0 saturated heterocycles. The normalized spacial score (nSPS) is 17.3. The number of ether oxygens (including phenoxy) is 1. The van der Waals surface area contributed by atoms with Crippen LogP contribution >= 0.6 is 0 Å². The van der Waals surface area contributed by atoms with Crippen LogP contribution in [0.5, 0.6) is 5.75 Å². The Hall–Kier alpha value is -1.60. The second-order valence-corrected chi connectivity index (χ2v) is 9.39. The first-order valence-corrected chi connectivity index (χ1v) is 11.3. The molecular weight excluding hydrogens is 364 g/mol. The van der Waals surface area contributed by atoms with Gasteiger partial charge in [0.15, 0.2) is 6.10 Å². The molecule has 0 aliphatic heterocycles. The Bertz CT molecular complexity index is 693. The fourth-order valence-corrected chi connectivity index (χ4v) is 4.39. The minimum atomic E-state index is -3.54. The molecule has 0 unspecified atom stereocenters. The smallest absolute Gasteiger partial charge is 0.260 e. The fraction of sp³-hybridized carbons (Fsp3) is 0.650. The maximum Gasteiger partial charge on any atom is 0.260 e. The van der Waals surface area contributed by atoms with Gasteiger partial charge in [-0.1, -0.05) is 39.5 Å². The first-order valence-electron chi connectivity index (χ1n) is 9.84. The van der Waals surface area contributed by atoms with Crippen molar-refractivity contribution < 1.29 is 17.9 Å². The van der Waals surface area contributed by atoms with Crippen LogP contribution in [0.4, 0.5) is 0 Å². The van der Waals surface area contributed by atoms with Gasteiger partial charge >= 0.3 is 0 Å². The number of rotatable bonds is 8. The molecule has 0 bridgehead atoms. The van der Waals surface area contributed by atoms with Crippen LogP contribution in [-0.2, 0) is 14.8 Å². The van der Waals surface area contributed by atoms with Gasteiger partial charge in [-0.05, 0) is 49.9 Å². The topological polar surface area (TPSA) is 84.5 Å². The fourth-order valence-electron chi connectivity index (χ4n) is 3.09. The molecule has 0 heterocycles. The van der Waals surface area contributed by atoms with Crippen LogP contribution in [0.25, 0.3) is 0 Å². The first kappa shape index (κ1) is 21.7. The average molecular weight is 397 g/mol. The molecule has 0 spiro atoms. The van der Waals surface area contributed by atoms with E-state index >= 15 is 0 Å². The highest BCUT2D eigenvalue weighted by Gasteiger charge is 2.21. The molecule has 1 aliphatic carbocycles. The molecule has 1 fully saturated rings. The summed E-state index contributed by atoms with van der Waals surface area (Å²) < 4.78 is 33.6. The SMILES string of the molecule is CC(C)CNC(=O)[C@H](C)Oc1ccc(S(=O)(=O)NC2CCCCCC2)cc1. The molecule has 0 aromatic heterocycles. The van der Waals surface area contributed by atoms with E-state index in [2.05, 4.69) is 10.0 Å². The molecule has 1 aromatic rings. The number of nitrogens with one attached hydrogen (secondary N) is 2. The number of amides is 1. The van der Waals surface area contributed by atoms with Crippen molar-refractivity contribution in [3.05, 3.63) is 24.3 Å². The van der Waals surface area contributed by atoms with Crippen molar-refractivity contribution in [2.24, 2.45) is 5.92 Å². The van der Waals surface area contributed by atoms with Crippen LogP contribution < -0.4 is 14.8 Å². The van der Waals surface area contributed by atoms with E-state index in [1.165, 1.54) is 25.0 Å². The summed E-state index contributed by atoms with van der Waals surface area (Å²) in [7, 11) is -3.54. The van der Waals surface area contributed by atoms with Gasteiger partial charge in [0.1, 0.15) is 5.75 Å². The van der Waals surface area contributed by atoms with Gasteiger partial charge < -0.3 is 10.1 Å². The Balaban J connectivity index is 1.94. The van der Waals surface area contributed by atoms with Gasteiger partial charge in [-0.15, -0.1) is 0 Å². The second-order valence-electron chi connectivity index (χ2n) is 7.68. The van der Waals surface area contributed by atoms with Crippen molar-refractivity contribution in [3.63, 3.8) is 0 Å². The van der Waals surface area contributed by atoms with Gasteiger partial charge in [0.25, 0.3) is 5.91 Å². The predicted molar refractivity (Wildman–Crippen MR) is 106 cm³/mol. The quantitative estimate of drug-likeness (QED) is 0.661. The molecule has 1 aromatic carbocycles. The molecule has 1 atom stereocenters. The Labute approximate surface area is 163 Å². The van der Waals surface area contributed by atoms with Gasteiger partial charge in [-0.25, -0.2) is 13.1 Å². The molecule has 6 nitrogen and oxygen atoms in total. The third-order valence-corrected chi connectivity index (χ3v) is 6.21. The van der Waals surface area contributed by atoms with Gasteiger partial charge in [-0.2, -0.15) is 0 Å². The number of hydrogen-bond acceptors (Lipinski definition) is 4. The Kier molecular flexibility index (Phi) is 8.10. The van der Waals surface area contributed by atoms with Crippen molar-refractivity contribution >= 4 is 15.9 Å². The standard InChI is InChI=1S/C20H32N2O4S/c1-15(2)14-21-20(23)16(3)26-18-10-12-19(13-11-18)27(24,25)22-17-8-6-4-5-7-9-17/h10-13,15-17,22H,4-9,14H2,1-3H3,(H,21,23)/t16-/m0/s1. The number of carbonyl (C=O) groups is 1. The van der Waals surface area contributed by atoms with Crippen LogP contribution in [-0.4, -0.2) is 33.0 Å². The summed E-state index contributed by atoms with van der Waals surface area (Å²) in [6.07, 6.45) is 5.62. The second kappa shape index (κ2) is 10.1. The Morgan fingerprint density at radius 3 is 2.22 bits per heavy atom. The van der Waals surface area contributed by atoms with Crippen molar-refractivity contribution in [3.8, 4) is 5.75 Å². The summed E-state index contributed by atoms with van der Waals surface area (Å²) in [5, 5.41) is 2.82. The van der Waals surface area contributed by atoms with Crippen LogP contribution in [0.2, 0.25) is 0 Å². The molecule has 0 radical (unpaired) electrons. The lowest BCUT2D eigenvalue weighted by molar-refractivity contribution is -0.127. The number of sulfonamides is 1. The summed E-state index contributed by atoms with van der Waals surface area (Å²) in [5.74, 6) is 0.651. The van der Waals surface area contributed by atoms with Crippen molar-refractivity contribution in [1.82, 2.24) is 10.0 Å². The maximum absolute atomic E-state index is 12.6. The molecule has 2 N–H and O–H groups in total. The van der Waals surface area contributed by atoms with E-state index in [-0.39, 0.29) is 16.8 Å². The van der Waals surface area contributed by atoms with E-state index < -0.39 is 16.1 Å². The summed E-state index contributed by atoms with van der Waals surface area (Å²) in [5.41, 5.74) is 0. The van der Waals surface area contributed by atoms with E-state index in [1.807, 2.05) is 13.8 Å². The molecule has 2 rings (SSSR count). The van der Waals surface area contributed by atoms with Gasteiger partial charge in [0.05, 0.1) is 4.90 Å². The highest BCUT2D eigenvalue weighted by Crippen LogP contribution is 2.21. The molecule has 1 amide bonds. The monoisotopic (exact) mass is 396 g/mol. The zero-order valence-electron chi connectivity index (χ0n) is 16.5. The van der Waals surface area contributed by atoms with Gasteiger partial charge in [-0.3, -0.25) is 4.79 Å².